The van der Waals surface area contributed by atoms with Gasteiger partial charge in [0, 0.05) is 5.54 Å². The normalized spacial score (nSPS) is 39.8. The van der Waals surface area contributed by atoms with E-state index in [0.29, 0.717) is 5.54 Å². The van der Waals surface area contributed by atoms with Gasteiger partial charge in [-0.2, -0.15) is 0 Å². The molecular weight excluding hydrogens is 194 g/mol. The molecule has 2 saturated carbocycles. The Morgan fingerprint density at radius 1 is 1.19 bits per heavy atom. The molecule has 2 aliphatic carbocycles. The van der Waals surface area contributed by atoms with Gasteiger partial charge in [-0.25, -0.2) is 0 Å². The van der Waals surface area contributed by atoms with Crippen molar-refractivity contribution < 1.29 is 0 Å². The molecule has 0 radical (unpaired) electrons. The summed E-state index contributed by atoms with van der Waals surface area (Å²) >= 11 is 0. The molecule has 0 bridgehead atoms. The molecule has 0 amide bonds. The van der Waals surface area contributed by atoms with Crippen LogP contribution in [0.15, 0.2) is 0 Å². The van der Waals surface area contributed by atoms with Gasteiger partial charge in [0.25, 0.3) is 0 Å². The van der Waals surface area contributed by atoms with Crippen LogP contribution in [0.1, 0.15) is 66.2 Å². The predicted octanol–water partition coefficient (Wildman–Crippen LogP) is 3.98. The second-order valence-electron chi connectivity index (χ2n) is 7.43. The van der Waals surface area contributed by atoms with Gasteiger partial charge in [-0.15, -0.1) is 0 Å². The predicted molar refractivity (Wildman–Crippen MR) is 70.5 cm³/mol. The molecule has 1 nitrogen and oxygen atoms in total. The average molecular weight is 223 g/mol. The second kappa shape index (κ2) is 4.33. The van der Waals surface area contributed by atoms with E-state index < -0.39 is 0 Å². The van der Waals surface area contributed by atoms with Crippen molar-refractivity contribution in [2.24, 2.45) is 17.3 Å². The van der Waals surface area contributed by atoms with Gasteiger partial charge in [-0.3, -0.25) is 0 Å². The minimum Gasteiger partial charge on any atom is -0.312 e. The van der Waals surface area contributed by atoms with E-state index in [2.05, 4.69) is 33.0 Å². The summed E-state index contributed by atoms with van der Waals surface area (Å²) < 4.78 is 0. The van der Waals surface area contributed by atoms with E-state index in [0.717, 1.165) is 17.3 Å². The van der Waals surface area contributed by atoms with Crippen LogP contribution in [0.25, 0.3) is 0 Å². The van der Waals surface area contributed by atoms with Gasteiger partial charge in [-0.1, -0.05) is 26.2 Å². The lowest BCUT2D eigenvalue weighted by molar-refractivity contribution is 0.348. The molecule has 1 N–H and O–H groups in total. The molecule has 0 aliphatic heterocycles. The maximum Gasteiger partial charge on any atom is 0.00966 e. The number of rotatable bonds is 2. The molecule has 3 unspecified atom stereocenters. The van der Waals surface area contributed by atoms with Crippen LogP contribution in [0.4, 0.5) is 0 Å². The van der Waals surface area contributed by atoms with Crippen molar-refractivity contribution in [3.05, 3.63) is 0 Å². The zero-order chi connectivity index (χ0) is 11.8. The van der Waals surface area contributed by atoms with E-state index in [1.165, 1.54) is 45.1 Å². The highest BCUT2D eigenvalue weighted by Crippen LogP contribution is 2.60. The Labute approximate surface area is 101 Å². The third-order valence-electron chi connectivity index (χ3n) is 4.74. The fourth-order valence-corrected chi connectivity index (χ4v) is 3.37. The number of hydrogen-bond acceptors (Lipinski definition) is 1. The monoisotopic (exact) mass is 223 g/mol. The van der Waals surface area contributed by atoms with Gasteiger partial charge >= 0.3 is 0 Å². The second-order valence-corrected chi connectivity index (χ2v) is 7.43. The summed E-state index contributed by atoms with van der Waals surface area (Å²) in [4.78, 5) is 0. The summed E-state index contributed by atoms with van der Waals surface area (Å²) in [5.74, 6) is 1.97. The average Bonchev–Trinajstić information content (AvgIpc) is 2.88. The van der Waals surface area contributed by atoms with E-state index in [4.69, 9.17) is 0 Å². The van der Waals surface area contributed by atoms with Crippen LogP contribution in [0.3, 0.4) is 0 Å². The van der Waals surface area contributed by atoms with Gasteiger partial charge in [0.1, 0.15) is 0 Å². The molecule has 1 spiro atoms. The van der Waals surface area contributed by atoms with Crippen LogP contribution < -0.4 is 5.32 Å². The van der Waals surface area contributed by atoms with E-state index >= 15 is 0 Å². The molecule has 3 atom stereocenters. The van der Waals surface area contributed by atoms with Crippen molar-refractivity contribution >= 4 is 0 Å². The third kappa shape index (κ3) is 3.00. The van der Waals surface area contributed by atoms with Crippen LogP contribution in [0.2, 0.25) is 0 Å². The lowest BCUT2D eigenvalue weighted by atomic mass is 9.93. The summed E-state index contributed by atoms with van der Waals surface area (Å²) in [6.07, 6.45) is 8.95. The summed E-state index contributed by atoms with van der Waals surface area (Å²) in [5.41, 5.74) is 1.06. The zero-order valence-corrected chi connectivity index (χ0v) is 11.6. The van der Waals surface area contributed by atoms with E-state index in [1.54, 1.807) is 0 Å². The number of nitrogens with one attached hydrogen (secondary N) is 1. The molecule has 94 valence electrons. The zero-order valence-electron chi connectivity index (χ0n) is 11.6. The summed E-state index contributed by atoms with van der Waals surface area (Å²) in [7, 11) is 0. The van der Waals surface area contributed by atoms with E-state index in [9.17, 15) is 0 Å². The highest BCUT2D eigenvalue weighted by Gasteiger charge is 2.52. The van der Waals surface area contributed by atoms with Crippen molar-refractivity contribution in [2.75, 3.05) is 6.54 Å². The molecule has 2 fully saturated rings. The fraction of sp³-hybridized carbons (Fsp3) is 1.00. The summed E-state index contributed by atoms with van der Waals surface area (Å²) in [5, 5.41) is 3.69. The quantitative estimate of drug-likeness (QED) is 0.746. The maximum atomic E-state index is 3.69. The van der Waals surface area contributed by atoms with Crippen LogP contribution in [-0.2, 0) is 0 Å². The Balaban J connectivity index is 1.80. The lowest BCUT2D eigenvalue weighted by Gasteiger charge is -2.22. The van der Waals surface area contributed by atoms with Gasteiger partial charge in [0.15, 0.2) is 0 Å². The molecule has 2 rings (SSSR count). The summed E-state index contributed by atoms with van der Waals surface area (Å²) in [6, 6.07) is 0. The van der Waals surface area contributed by atoms with E-state index in [-0.39, 0.29) is 0 Å². The molecule has 16 heavy (non-hydrogen) atoms. The fourth-order valence-electron chi connectivity index (χ4n) is 3.37. The first-order chi connectivity index (χ1) is 7.41. The van der Waals surface area contributed by atoms with Gasteiger partial charge in [-0.05, 0) is 63.8 Å². The molecule has 0 saturated heterocycles. The van der Waals surface area contributed by atoms with Crippen LogP contribution in [0, 0.1) is 17.3 Å². The van der Waals surface area contributed by atoms with Crippen LogP contribution in [-0.4, -0.2) is 12.1 Å². The van der Waals surface area contributed by atoms with Gasteiger partial charge in [0.05, 0.1) is 0 Å². The van der Waals surface area contributed by atoms with Gasteiger partial charge < -0.3 is 5.32 Å². The minimum absolute atomic E-state index is 0.293. The smallest absolute Gasteiger partial charge is 0.00966 e. The van der Waals surface area contributed by atoms with Crippen molar-refractivity contribution in [2.45, 2.75) is 71.8 Å². The minimum atomic E-state index is 0.293. The Morgan fingerprint density at radius 3 is 2.62 bits per heavy atom. The Bertz CT molecular complexity index is 240. The first-order valence-corrected chi connectivity index (χ1v) is 7.16. The van der Waals surface area contributed by atoms with Crippen molar-refractivity contribution in [3.8, 4) is 0 Å². The number of hydrogen-bond donors (Lipinski definition) is 1. The highest BCUT2D eigenvalue weighted by atomic mass is 15.0. The SMILES string of the molecule is CC1CCCC2(CC1)CC2CNC(C)(C)C. The first kappa shape index (κ1) is 12.4. The molecule has 0 aromatic heterocycles. The van der Waals surface area contributed by atoms with Crippen LogP contribution in [0.5, 0.6) is 0 Å². The molecular formula is C15H29N. The van der Waals surface area contributed by atoms with E-state index in [1.807, 2.05) is 0 Å². The molecule has 1 heteroatoms. The standard InChI is InChI=1S/C15H29N/c1-12-6-5-8-15(9-7-12)10-13(15)11-16-14(2,3)4/h12-13,16H,5-11H2,1-4H3. The maximum absolute atomic E-state index is 3.69. The lowest BCUT2D eigenvalue weighted by Crippen LogP contribution is -2.37. The molecule has 0 aromatic rings. The highest BCUT2D eigenvalue weighted by molar-refractivity contribution is 5.04. The summed E-state index contributed by atoms with van der Waals surface area (Å²) in [6.45, 7) is 10.5. The Hall–Kier alpha value is -0.0400. The topological polar surface area (TPSA) is 12.0 Å². The van der Waals surface area contributed by atoms with Crippen molar-refractivity contribution in [1.82, 2.24) is 5.32 Å². The first-order valence-electron chi connectivity index (χ1n) is 7.16. The Morgan fingerprint density at radius 2 is 1.94 bits per heavy atom. The van der Waals surface area contributed by atoms with Crippen molar-refractivity contribution in [1.29, 1.82) is 0 Å². The molecule has 0 aromatic carbocycles. The van der Waals surface area contributed by atoms with Gasteiger partial charge in [0.2, 0.25) is 0 Å². The third-order valence-corrected chi connectivity index (χ3v) is 4.74. The largest absolute Gasteiger partial charge is 0.312 e. The van der Waals surface area contributed by atoms with Crippen molar-refractivity contribution in [3.63, 3.8) is 0 Å². The Kier molecular flexibility index (Phi) is 3.36. The van der Waals surface area contributed by atoms with Crippen LogP contribution >= 0.6 is 0 Å². The molecule has 0 heterocycles. The molecule has 2 aliphatic rings.